The monoisotopic (exact) mass is 290 g/mol. The van der Waals surface area contributed by atoms with Crippen molar-refractivity contribution in [2.24, 2.45) is 0 Å². The lowest BCUT2D eigenvalue weighted by atomic mass is 10.1. The van der Waals surface area contributed by atoms with Gasteiger partial charge in [0, 0.05) is 5.56 Å². The second-order valence-electron chi connectivity index (χ2n) is 4.63. The van der Waals surface area contributed by atoms with Gasteiger partial charge < -0.3 is 4.74 Å². The first-order valence-corrected chi connectivity index (χ1v) is 7.01. The van der Waals surface area contributed by atoms with Crippen molar-refractivity contribution in [3.63, 3.8) is 0 Å². The van der Waals surface area contributed by atoms with Gasteiger partial charge >= 0.3 is 5.97 Å². The summed E-state index contributed by atoms with van der Waals surface area (Å²) in [7, 11) is 0. The predicted octanol–water partition coefficient (Wildman–Crippen LogP) is 3.14. The minimum atomic E-state index is -0.364. The van der Waals surface area contributed by atoms with Crippen LogP contribution in [0.4, 0.5) is 0 Å². The van der Waals surface area contributed by atoms with E-state index in [0.717, 1.165) is 5.56 Å². The number of nitrogens with one attached hydrogen (secondary N) is 1. The molecule has 1 aromatic heterocycles. The second kappa shape index (κ2) is 6.15. The molecule has 1 N–H and O–H groups in total. The van der Waals surface area contributed by atoms with Crippen LogP contribution in [0.5, 0.6) is 0 Å². The van der Waals surface area contributed by atoms with Crippen molar-refractivity contribution < 1.29 is 9.53 Å². The molecule has 0 bridgehead atoms. The van der Waals surface area contributed by atoms with Crippen molar-refractivity contribution in [3.05, 3.63) is 65.4 Å². The molecule has 0 aliphatic rings. The Morgan fingerprint density at radius 1 is 1.14 bits per heavy atom. The van der Waals surface area contributed by atoms with Gasteiger partial charge in [0.2, 0.25) is 0 Å². The first-order valence-electron chi connectivity index (χ1n) is 7.01. The lowest BCUT2D eigenvalue weighted by molar-refractivity contribution is 0.0528. The van der Waals surface area contributed by atoms with E-state index in [-0.39, 0.29) is 5.97 Å². The summed E-state index contributed by atoms with van der Waals surface area (Å²) in [6.07, 6.45) is 0. The Balaban J connectivity index is 2.08. The molecular weight excluding hydrogens is 276 g/mol. The summed E-state index contributed by atoms with van der Waals surface area (Å²) >= 11 is 0. The minimum absolute atomic E-state index is 0.331. The summed E-state index contributed by atoms with van der Waals surface area (Å²) in [5, 5.41) is 7.79. The minimum Gasteiger partial charge on any atom is -0.462 e. The van der Waals surface area contributed by atoms with Crippen LogP contribution in [0.15, 0.2) is 48.5 Å². The lowest BCUT2D eigenvalue weighted by Crippen LogP contribution is -2.05. The molecule has 0 aliphatic carbocycles. The molecule has 4 nitrogen and oxygen atoms in total. The highest BCUT2D eigenvalue weighted by Crippen LogP contribution is 2.21. The fourth-order valence-electron chi connectivity index (χ4n) is 2.19. The van der Waals surface area contributed by atoms with E-state index in [1.165, 1.54) is 0 Å². The van der Waals surface area contributed by atoms with Crippen LogP contribution < -0.4 is 0 Å². The molecule has 3 aromatic rings. The van der Waals surface area contributed by atoms with Gasteiger partial charge in [-0.1, -0.05) is 30.2 Å². The molecule has 22 heavy (non-hydrogen) atoms. The molecule has 0 spiro atoms. The highest BCUT2D eigenvalue weighted by Gasteiger charge is 2.15. The Morgan fingerprint density at radius 3 is 2.73 bits per heavy atom. The molecule has 0 saturated carbocycles. The van der Waals surface area contributed by atoms with Crippen LogP contribution >= 0.6 is 0 Å². The maximum atomic E-state index is 12.1. The second-order valence-corrected chi connectivity index (χ2v) is 4.63. The third-order valence-corrected chi connectivity index (χ3v) is 3.18. The van der Waals surface area contributed by atoms with Gasteiger partial charge in [-0.05, 0) is 37.1 Å². The van der Waals surface area contributed by atoms with Crippen molar-refractivity contribution >= 4 is 16.9 Å². The summed E-state index contributed by atoms with van der Waals surface area (Å²) in [5.41, 5.74) is 2.69. The summed E-state index contributed by atoms with van der Waals surface area (Å²) in [4.78, 5) is 12.1. The number of carbonyl (C=O) groups is 1. The SMILES string of the molecule is CCOC(=O)c1cccc2n[nH]c(C#Cc3ccccc3)c12. The largest absolute Gasteiger partial charge is 0.462 e. The van der Waals surface area contributed by atoms with Crippen molar-refractivity contribution in [2.45, 2.75) is 6.92 Å². The van der Waals surface area contributed by atoms with E-state index < -0.39 is 0 Å². The maximum absolute atomic E-state index is 12.1. The number of carbonyl (C=O) groups excluding carboxylic acids is 1. The molecule has 0 fully saturated rings. The summed E-state index contributed by atoms with van der Waals surface area (Å²) < 4.78 is 5.09. The smallest absolute Gasteiger partial charge is 0.338 e. The zero-order valence-electron chi connectivity index (χ0n) is 12.1. The Bertz CT molecular complexity index is 870. The lowest BCUT2D eigenvalue weighted by Gasteiger charge is -2.02. The van der Waals surface area contributed by atoms with E-state index in [1.54, 1.807) is 19.1 Å². The van der Waals surface area contributed by atoms with E-state index in [1.807, 2.05) is 36.4 Å². The number of benzene rings is 2. The third kappa shape index (κ3) is 2.70. The number of fused-ring (bicyclic) bond motifs is 1. The van der Waals surface area contributed by atoms with Crippen molar-refractivity contribution in [2.75, 3.05) is 6.61 Å². The van der Waals surface area contributed by atoms with Crippen LogP contribution in [-0.4, -0.2) is 22.8 Å². The highest BCUT2D eigenvalue weighted by atomic mass is 16.5. The molecule has 108 valence electrons. The third-order valence-electron chi connectivity index (χ3n) is 3.18. The van der Waals surface area contributed by atoms with Crippen molar-refractivity contribution in [3.8, 4) is 11.8 Å². The van der Waals surface area contributed by atoms with Gasteiger partial charge in [-0.15, -0.1) is 0 Å². The zero-order chi connectivity index (χ0) is 15.4. The Morgan fingerprint density at radius 2 is 1.95 bits per heavy atom. The molecule has 0 saturated heterocycles. The van der Waals surface area contributed by atoms with E-state index in [4.69, 9.17) is 4.74 Å². The van der Waals surface area contributed by atoms with Crippen LogP contribution in [0.25, 0.3) is 10.9 Å². The molecule has 4 heteroatoms. The standard InChI is InChI=1S/C18H14N2O2/c1-2-22-18(21)14-9-6-10-15-17(14)16(20-19-15)12-11-13-7-4-3-5-8-13/h3-10H,2H2,1H3,(H,19,20). The first kappa shape index (κ1) is 13.9. The fraction of sp³-hybridized carbons (Fsp3) is 0.111. The first-order chi connectivity index (χ1) is 10.8. The quantitative estimate of drug-likeness (QED) is 0.582. The Hall–Kier alpha value is -3.06. The predicted molar refractivity (Wildman–Crippen MR) is 84.5 cm³/mol. The van der Waals surface area contributed by atoms with Gasteiger partial charge in [-0.25, -0.2) is 4.79 Å². The van der Waals surface area contributed by atoms with Crippen LogP contribution in [-0.2, 0) is 4.74 Å². The molecule has 3 rings (SSSR count). The molecule has 0 unspecified atom stereocenters. The number of H-pyrrole nitrogens is 1. The van der Waals surface area contributed by atoms with E-state index >= 15 is 0 Å². The molecule has 0 aliphatic heterocycles. The topological polar surface area (TPSA) is 55.0 Å². The number of ether oxygens (including phenoxy) is 1. The normalized spacial score (nSPS) is 10.0. The number of aromatic amines is 1. The summed E-state index contributed by atoms with van der Waals surface area (Å²) in [6.45, 7) is 2.11. The van der Waals surface area contributed by atoms with Crippen molar-refractivity contribution in [1.82, 2.24) is 10.2 Å². The number of nitrogens with zero attached hydrogens (tertiary/aromatic N) is 1. The Labute approximate surface area is 128 Å². The molecule has 2 aromatic carbocycles. The molecule has 0 radical (unpaired) electrons. The number of hydrogen-bond acceptors (Lipinski definition) is 3. The maximum Gasteiger partial charge on any atom is 0.338 e. The van der Waals surface area contributed by atoms with Crippen LogP contribution in [0.1, 0.15) is 28.5 Å². The zero-order valence-corrected chi connectivity index (χ0v) is 12.1. The van der Waals surface area contributed by atoms with Gasteiger partial charge in [0.25, 0.3) is 0 Å². The highest BCUT2D eigenvalue weighted by molar-refractivity contribution is 6.05. The summed E-state index contributed by atoms with van der Waals surface area (Å²) in [6, 6.07) is 15.0. The number of esters is 1. The number of hydrogen-bond donors (Lipinski definition) is 1. The summed E-state index contributed by atoms with van der Waals surface area (Å²) in [5.74, 6) is 5.75. The van der Waals surface area contributed by atoms with E-state index in [2.05, 4.69) is 22.0 Å². The molecule has 0 amide bonds. The van der Waals surface area contributed by atoms with Gasteiger partial charge in [-0.2, -0.15) is 5.10 Å². The van der Waals surface area contributed by atoms with Gasteiger partial charge in [0.15, 0.2) is 0 Å². The van der Waals surface area contributed by atoms with Crippen LogP contribution in [0.2, 0.25) is 0 Å². The molecule has 1 heterocycles. The van der Waals surface area contributed by atoms with Crippen LogP contribution in [0, 0.1) is 11.8 Å². The number of rotatable bonds is 2. The molecular formula is C18H14N2O2. The average Bonchev–Trinajstić information content (AvgIpc) is 2.97. The average molecular weight is 290 g/mol. The molecule has 0 atom stereocenters. The van der Waals surface area contributed by atoms with Crippen molar-refractivity contribution in [1.29, 1.82) is 0 Å². The van der Waals surface area contributed by atoms with E-state index in [0.29, 0.717) is 28.8 Å². The Kier molecular flexibility index (Phi) is 3.88. The fourth-order valence-corrected chi connectivity index (χ4v) is 2.19. The van der Waals surface area contributed by atoms with Crippen LogP contribution in [0.3, 0.4) is 0 Å². The van der Waals surface area contributed by atoms with E-state index in [9.17, 15) is 4.79 Å². The van der Waals surface area contributed by atoms with Gasteiger partial charge in [0.05, 0.1) is 23.1 Å². The number of aromatic nitrogens is 2. The van der Waals surface area contributed by atoms with Gasteiger partial charge in [0.1, 0.15) is 5.69 Å². The van der Waals surface area contributed by atoms with Gasteiger partial charge in [-0.3, -0.25) is 5.10 Å².